The van der Waals surface area contributed by atoms with Gasteiger partial charge in [0, 0.05) is 17.9 Å². The Labute approximate surface area is 193 Å². The van der Waals surface area contributed by atoms with E-state index in [1.54, 1.807) is 6.07 Å². The number of alkyl halides is 3. The van der Waals surface area contributed by atoms with Crippen molar-refractivity contribution in [3.05, 3.63) is 93.4 Å². The Balaban J connectivity index is 0.000000411. The van der Waals surface area contributed by atoms with Crippen molar-refractivity contribution < 1.29 is 13.2 Å². The molecule has 1 aromatic heterocycles. The number of nitrogens with two attached hydrogens (primary N) is 1. The molecule has 1 saturated carbocycles. The molecule has 7 heteroatoms. The van der Waals surface area contributed by atoms with Gasteiger partial charge in [-0.15, -0.1) is 0 Å². The van der Waals surface area contributed by atoms with Gasteiger partial charge in [-0.1, -0.05) is 87.7 Å². The number of aromatic amines is 1. The average molecular weight is 460 g/mol. The minimum absolute atomic E-state index is 0.0540. The zero-order valence-corrected chi connectivity index (χ0v) is 19.2. The monoisotopic (exact) mass is 459 g/mol. The molecule has 178 valence electrons. The summed E-state index contributed by atoms with van der Waals surface area (Å²) in [7, 11) is 0. The molecule has 0 bridgehead atoms. The normalized spacial score (nSPS) is 13.8. The first kappa shape index (κ1) is 26.2. The number of aromatic nitrogens is 2. The number of halogens is 3. The largest absolute Gasteiger partial charge is 0.416 e. The molecule has 1 fully saturated rings. The second kappa shape index (κ2) is 12.8. The van der Waals surface area contributed by atoms with E-state index < -0.39 is 11.7 Å². The number of hydrogen-bond donors (Lipinski definition) is 2. The number of anilines is 1. The van der Waals surface area contributed by atoms with E-state index in [0.717, 1.165) is 44.2 Å². The van der Waals surface area contributed by atoms with E-state index in [4.69, 9.17) is 5.73 Å². The fraction of sp³-hybridized carbons (Fsp3) is 0.385. The molecule has 0 radical (unpaired) electrons. The van der Waals surface area contributed by atoms with Crippen molar-refractivity contribution >= 4 is 5.95 Å². The van der Waals surface area contributed by atoms with Crippen LogP contribution >= 0.6 is 0 Å². The molecule has 0 saturated heterocycles. The van der Waals surface area contributed by atoms with Crippen molar-refractivity contribution in [2.24, 2.45) is 0 Å². The molecule has 2 aromatic carbocycles. The average Bonchev–Trinajstić information content (AvgIpc) is 2.84. The number of rotatable bonds is 3. The molecule has 4 rings (SSSR count). The van der Waals surface area contributed by atoms with Crippen LogP contribution in [0.2, 0.25) is 0 Å². The fourth-order valence-electron chi connectivity index (χ4n) is 3.86. The Morgan fingerprint density at radius 3 is 2.09 bits per heavy atom. The molecule has 3 N–H and O–H groups in total. The molecule has 0 amide bonds. The van der Waals surface area contributed by atoms with Crippen LogP contribution in [0.3, 0.4) is 0 Å². The van der Waals surface area contributed by atoms with E-state index in [1.165, 1.54) is 6.07 Å². The lowest BCUT2D eigenvalue weighted by atomic mass is 9.84. The minimum atomic E-state index is -4.41. The molecule has 33 heavy (non-hydrogen) atoms. The molecule has 0 aliphatic heterocycles. The number of nitrogens with one attached hydrogen (secondary N) is 1. The van der Waals surface area contributed by atoms with Crippen LogP contribution in [0.15, 0.2) is 65.5 Å². The van der Waals surface area contributed by atoms with Crippen molar-refractivity contribution in [1.29, 1.82) is 0 Å². The lowest BCUT2D eigenvalue weighted by Gasteiger charge is -2.23. The lowest BCUT2D eigenvalue weighted by Crippen LogP contribution is -2.23. The molecule has 0 unspecified atom stereocenters. The highest BCUT2D eigenvalue weighted by Gasteiger charge is 2.30. The molecule has 0 spiro atoms. The summed E-state index contributed by atoms with van der Waals surface area (Å²) in [5, 5.41) is 0. The predicted molar refractivity (Wildman–Crippen MR) is 127 cm³/mol. The van der Waals surface area contributed by atoms with Gasteiger partial charge in [0.05, 0.1) is 11.3 Å². The molecular weight excluding hydrogens is 427 g/mol. The number of benzene rings is 2. The van der Waals surface area contributed by atoms with E-state index >= 15 is 0 Å². The highest BCUT2D eigenvalue weighted by molar-refractivity contribution is 5.35. The summed E-state index contributed by atoms with van der Waals surface area (Å²) in [5.41, 5.74) is 6.09. The van der Waals surface area contributed by atoms with Crippen LogP contribution in [0.25, 0.3) is 0 Å². The van der Waals surface area contributed by atoms with Gasteiger partial charge in [0.15, 0.2) is 0 Å². The van der Waals surface area contributed by atoms with Crippen LogP contribution in [-0.4, -0.2) is 9.97 Å². The first-order valence-corrected chi connectivity index (χ1v) is 11.4. The van der Waals surface area contributed by atoms with E-state index in [-0.39, 0.29) is 23.8 Å². The highest BCUT2D eigenvalue weighted by Crippen LogP contribution is 2.34. The Morgan fingerprint density at radius 1 is 0.970 bits per heavy atom. The van der Waals surface area contributed by atoms with Crippen molar-refractivity contribution in [2.45, 2.75) is 64.5 Å². The first-order valence-electron chi connectivity index (χ1n) is 11.4. The topological polar surface area (TPSA) is 71.8 Å². The van der Waals surface area contributed by atoms with Crippen molar-refractivity contribution in [2.75, 3.05) is 5.73 Å². The number of H-pyrrole nitrogens is 1. The van der Waals surface area contributed by atoms with Gasteiger partial charge in [0.25, 0.3) is 5.56 Å². The van der Waals surface area contributed by atoms with E-state index in [9.17, 15) is 18.0 Å². The summed E-state index contributed by atoms with van der Waals surface area (Å²) in [6.07, 6.45) is 0.811. The molecular formula is C26H32F3N3O. The molecule has 3 aromatic rings. The van der Waals surface area contributed by atoms with Crippen LogP contribution in [0, 0.1) is 0 Å². The lowest BCUT2D eigenvalue weighted by molar-refractivity contribution is -0.137. The van der Waals surface area contributed by atoms with E-state index in [0.29, 0.717) is 16.8 Å². The Bertz CT molecular complexity index is 1000. The number of nitrogens with zero attached hydrogens (tertiary/aromatic N) is 1. The molecule has 1 aliphatic carbocycles. The summed E-state index contributed by atoms with van der Waals surface area (Å²) in [4.78, 5) is 19.2. The Kier molecular flexibility index (Phi) is 10.2. The van der Waals surface area contributed by atoms with Crippen molar-refractivity contribution in [3.63, 3.8) is 0 Å². The van der Waals surface area contributed by atoms with Gasteiger partial charge in [-0.2, -0.15) is 13.2 Å². The van der Waals surface area contributed by atoms with Gasteiger partial charge < -0.3 is 5.73 Å². The Morgan fingerprint density at radius 2 is 1.55 bits per heavy atom. The van der Waals surface area contributed by atoms with E-state index in [2.05, 4.69) is 9.97 Å². The van der Waals surface area contributed by atoms with Gasteiger partial charge in [-0.05, 0) is 24.5 Å². The van der Waals surface area contributed by atoms with Crippen LogP contribution in [0.5, 0.6) is 0 Å². The van der Waals surface area contributed by atoms with Crippen LogP contribution in [0.1, 0.15) is 74.3 Å². The van der Waals surface area contributed by atoms with Crippen LogP contribution < -0.4 is 11.3 Å². The minimum Gasteiger partial charge on any atom is -0.369 e. The zero-order valence-electron chi connectivity index (χ0n) is 19.2. The standard InChI is InChI=1S/C18H20F3N3O.C6H6.C2H6/c19-18(20,21)13-8-4-5-11(9-13)10-14-15(12-6-2-1-3-7-12)23-17(22)24-16(14)25;1-2-4-6-5-3-1;1-2/h4-5,8-9,12H,1-3,6-7,10H2,(H3,22,23,24,25);1-6H;1-2H3. The quantitative estimate of drug-likeness (QED) is 0.457. The van der Waals surface area contributed by atoms with Gasteiger partial charge in [-0.3, -0.25) is 9.78 Å². The fourth-order valence-corrected chi connectivity index (χ4v) is 3.86. The number of nitrogen functional groups attached to an aromatic ring is 1. The summed E-state index contributed by atoms with van der Waals surface area (Å²) >= 11 is 0. The van der Waals surface area contributed by atoms with Gasteiger partial charge in [0.1, 0.15) is 0 Å². The zero-order chi connectivity index (χ0) is 24.3. The molecule has 0 atom stereocenters. The molecule has 1 heterocycles. The van der Waals surface area contributed by atoms with Gasteiger partial charge in [-0.25, -0.2) is 4.98 Å². The van der Waals surface area contributed by atoms with Gasteiger partial charge >= 0.3 is 6.18 Å². The SMILES string of the molecule is CC.Nc1nc(C2CCCCC2)c(Cc2cccc(C(F)(F)F)c2)c(=O)[nH]1.c1ccccc1. The Hall–Kier alpha value is -3.09. The highest BCUT2D eigenvalue weighted by atomic mass is 19.4. The molecule has 1 aliphatic rings. The third-order valence-electron chi connectivity index (χ3n) is 5.36. The van der Waals surface area contributed by atoms with Crippen molar-refractivity contribution in [1.82, 2.24) is 9.97 Å². The second-order valence-corrected chi connectivity index (χ2v) is 7.68. The second-order valence-electron chi connectivity index (χ2n) is 7.68. The van der Waals surface area contributed by atoms with E-state index in [1.807, 2.05) is 50.2 Å². The third kappa shape index (κ3) is 8.08. The summed E-state index contributed by atoms with van der Waals surface area (Å²) in [5.74, 6) is 0.192. The van der Waals surface area contributed by atoms with Crippen molar-refractivity contribution in [3.8, 4) is 0 Å². The maximum Gasteiger partial charge on any atom is 0.416 e. The maximum atomic E-state index is 12.9. The number of hydrogen-bond acceptors (Lipinski definition) is 3. The predicted octanol–water partition coefficient (Wildman–Crippen LogP) is 6.72. The maximum absolute atomic E-state index is 12.9. The summed E-state index contributed by atoms with van der Waals surface area (Å²) < 4.78 is 38.7. The first-order chi connectivity index (χ1) is 15.8. The summed E-state index contributed by atoms with van der Waals surface area (Å²) in [6, 6.07) is 17.1. The third-order valence-corrected chi connectivity index (χ3v) is 5.36. The molecule has 4 nitrogen and oxygen atoms in total. The van der Waals surface area contributed by atoms with Crippen LogP contribution in [-0.2, 0) is 12.6 Å². The van der Waals surface area contributed by atoms with Crippen LogP contribution in [0.4, 0.5) is 19.1 Å². The smallest absolute Gasteiger partial charge is 0.369 e. The van der Waals surface area contributed by atoms with Gasteiger partial charge in [0.2, 0.25) is 5.95 Å². The summed E-state index contributed by atoms with van der Waals surface area (Å²) in [6.45, 7) is 4.00.